The molecule has 0 aliphatic carbocycles. The Bertz CT molecular complexity index is 482. The van der Waals surface area contributed by atoms with E-state index in [9.17, 15) is 0 Å². The van der Waals surface area contributed by atoms with Gasteiger partial charge in [0, 0.05) is 12.3 Å². The summed E-state index contributed by atoms with van der Waals surface area (Å²) in [5.41, 5.74) is 3.18. The van der Waals surface area contributed by atoms with Crippen LogP contribution in [0.2, 0.25) is 0 Å². The molecule has 0 aliphatic heterocycles. The summed E-state index contributed by atoms with van der Waals surface area (Å²) in [7, 11) is 1.60. The maximum Gasteiger partial charge on any atom is 0.213 e. The fourth-order valence-electron chi connectivity index (χ4n) is 1.49. The van der Waals surface area contributed by atoms with Crippen LogP contribution in [0.15, 0.2) is 36.7 Å². The van der Waals surface area contributed by atoms with Crippen molar-refractivity contribution in [3.05, 3.63) is 47.9 Å². The first kappa shape index (κ1) is 11.4. The SMILES string of the molecule is COc1ccc(NCc2ncccc2C)cn1. The molecule has 0 aliphatic rings. The number of anilines is 1. The Morgan fingerprint density at radius 1 is 1.24 bits per heavy atom. The number of nitrogens with one attached hydrogen (secondary N) is 1. The third kappa shape index (κ3) is 2.93. The number of nitrogens with zero attached hydrogens (tertiary/aromatic N) is 2. The van der Waals surface area contributed by atoms with Gasteiger partial charge in [-0.05, 0) is 24.6 Å². The van der Waals surface area contributed by atoms with E-state index >= 15 is 0 Å². The second-order valence-corrected chi connectivity index (χ2v) is 3.71. The molecule has 0 bridgehead atoms. The van der Waals surface area contributed by atoms with Crippen LogP contribution in [0.3, 0.4) is 0 Å². The zero-order valence-electron chi connectivity index (χ0n) is 9.97. The van der Waals surface area contributed by atoms with E-state index < -0.39 is 0 Å². The van der Waals surface area contributed by atoms with Crippen LogP contribution in [0, 0.1) is 6.92 Å². The fraction of sp³-hybridized carbons (Fsp3) is 0.231. The van der Waals surface area contributed by atoms with Gasteiger partial charge >= 0.3 is 0 Å². The highest BCUT2D eigenvalue weighted by Gasteiger charge is 1.99. The Balaban J connectivity index is 2.00. The molecule has 0 unspecified atom stereocenters. The quantitative estimate of drug-likeness (QED) is 0.874. The summed E-state index contributed by atoms with van der Waals surface area (Å²) in [6.45, 7) is 2.75. The zero-order valence-corrected chi connectivity index (χ0v) is 9.97. The van der Waals surface area contributed by atoms with Crippen molar-refractivity contribution in [1.82, 2.24) is 9.97 Å². The largest absolute Gasteiger partial charge is 0.481 e. The summed E-state index contributed by atoms with van der Waals surface area (Å²) in [5, 5.41) is 3.27. The van der Waals surface area contributed by atoms with E-state index in [1.54, 1.807) is 19.5 Å². The van der Waals surface area contributed by atoms with Gasteiger partial charge in [-0.15, -0.1) is 0 Å². The average molecular weight is 229 g/mol. The van der Waals surface area contributed by atoms with Crippen LogP contribution in [0.4, 0.5) is 5.69 Å². The summed E-state index contributed by atoms with van der Waals surface area (Å²) in [5.74, 6) is 0.615. The van der Waals surface area contributed by atoms with Crippen molar-refractivity contribution in [2.75, 3.05) is 12.4 Å². The minimum atomic E-state index is 0.615. The minimum Gasteiger partial charge on any atom is -0.481 e. The molecule has 4 nitrogen and oxygen atoms in total. The van der Waals surface area contributed by atoms with Crippen LogP contribution in [0.1, 0.15) is 11.3 Å². The molecule has 2 aromatic rings. The van der Waals surface area contributed by atoms with E-state index in [4.69, 9.17) is 4.74 Å². The van der Waals surface area contributed by atoms with Crippen molar-refractivity contribution in [2.45, 2.75) is 13.5 Å². The van der Waals surface area contributed by atoms with Crippen molar-refractivity contribution >= 4 is 5.69 Å². The molecule has 0 saturated heterocycles. The topological polar surface area (TPSA) is 47.0 Å². The molecule has 2 rings (SSSR count). The first-order valence-corrected chi connectivity index (χ1v) is 5.44. The number of aryl methyl sites for hydroxylation is 1. The van der Waals surface area contributed by atoms with Gasteiger partial charge < -0.3 is 10.1 Å². The highest BCUT2D eigenvalue weighted by molar-refractivity contribution is 5.42. The van der Waals surface area contributed by atoms with Gasteiger partial charge in [-0.3, -0.25) is 4.98 Å². The van der Waals surface area contributed by atoms with Gasteiger partial charge in [-0.25, -0.2) is 4.98 Å². The van der Waals surface area contributed by atoms with E-state index in [1.165, 1.54) is 5.56 Å². The Morgan fingerprint density at radius 2 is 2.12 bits per heavy atom. The molecule has 0 radical (unpaired) electrons. The van der Waals surface area contributed by atoms with E-state index in [1.807, 2.05) is 18.2 Å². The highest BCUT2D eigenvalue weighted by Crippen LogP contribution is 2.12. The standard InChI is InChI=1S/C13H15N3O/c1-10-4-3-7-14-12(10)9-15-11-5-6-13(17-2)16-8-11/h3-8,15H,9H2,1-2H3. The molecule has 0 aromatic carbocycles. The normalized spacial score (nSPS) is 10.0. The van der Waals surface area contributed by atoms with Crippen LogP contribution in [-0.4, -0.2) is 17.1 Å². The van der Waals surface area contributed by atoms with Crippen molar-refractivity contribution in [1.29, 1.82) is 0 Å². The Hall–Kier alpha value is -2.10. The molecule has 0 spiro atoms. The fourth-order valence-corrected chi connectivity index (χ4v) is 1.49. The third-order valence-electron chi connectivity index (χ3n) is 2.52. The molecule has 2 aromatic heterocycles. The summed E-state index contributed by atoms with van der Waals surface area (Å²) in [6.07, 6.45) is 3.55. The number of aromatic nitrogens is 2. The lowest BCUT2D eigenvalue weighted by Crippen LogP contribution is -2.03. The van der Waals surface area contributed by atoms with Gasteiger partial charge in [-0.1, -0.05) is 6.07 Å². The van der Waals surface area contributed by atoms with E-state index in [0.29, 0.717) is 12.4 Å². The van der Waals surface area contributed by atoms with Crippen molar-refractivity contribution in [3.8, 4) is 5.88 Å². The maximum absolute atomic E-state index is 5.00. The van der Waals surface area contributed by atoms with E-state index in [2.05, 4.69) is 28.3 Å². The monoisotopic (exact) mass is 229 g/mol. The molecule has 88 valence electrons. The second kappa shape index (κ2) is 5.30. The summed E-state index contributed by atoms with van der Waals surface area (Å²) in [4.78, 5) is 8.45. The number of methoxy groups -OCH3 is 1. The summed E-state index contributed by atoms with van der Waals surface area (Å²) < 4.78 is 5.00. The number of pyridine rings is 2. The van der Waals surface area contributed by atoms with Crippen LogP contribution in [-0.2, 0) is 6.54 Å². The molecule has 0 saturated carbocycles. The molecule has 1 N–H and O–H groups in total. The predicted molar refractivity (Wildman–Crippen MR) is 67.1 cm³/mol. The first-order chi connectivity index (χ1) is 8.29. The van der Waals surface area contributed by atoms with Crippen LogP contribution >= 0.6 is 0 Å². The average Bonchev–Trinajstić information content (AvgIpc) is 2.38. The first-order valence-electron chi connectivity index (χ1n) is 5.44. The summed E-state index contributed by atoms with van der Waals surface area (Å²) >= 11 is 0. The van der Waals surface area contributed by atoms with Crippen LogP contribution < -0.4 is 10.1 Å². The smallest absolute Gasteiger partial charge is 0.213 e. The van der Waals surface area contributed by atoms with Gasteiger partial charge in [-0.2, -0.15) is 0 Å². The van der Waals surface area contributed by atoms with Crippen LogP contribution in [0.5, 0.6) is 5.88 Å². The third-order valence-corrected chi connectivity index (χ3v) is 2.52. The van der Waals surface area contributed by atoms with Crippen LogP contribution in [0.25, 0.3) is 0 Å². The predicted octanol–water partition coefficient (Wildman–Crippen LogP) is 2.41. The van der Waals surface area contributed by atoms with E-state index in [0.717, 1.165) is 11.4 Å². The second-order valence-electron chi connectivity index (χ2n) is 3.71. The number of rotatable bonds is 4. The Labute approximate surface area is 101 Å². The lowest BCUT2D eigenvalue weighted by Gasteiger charge is -2.08. The van der Waals surface area contributed by atoms with Gasteiger partial charge in [0.15, 0.2) is 0 Å². The van der Waals surface area contributed by atoms with Gasteiger partial charge in [0.05, 0.1) is 31.2 Å². The van der Waals surface area contributed by atoms with E-state index in [-0.39, 0.29) is 0 Å². The molecule has 0 amide bonds. The molecule has 17 heavy (non-hydrogen) atoms. The van der Waals surface area contributed by atoms with Gasteiger partial charge in [0.1, 0.15) is 0 Å². The molecule has 0 atom stereocenters. The molecule has 4 heteroatoms. The molecule has 2 heterocycles. The van der Waals surface area contributed by atoms with Crippen molar-refractivity contribution in [3.63, 3.8) is 0 Å². The molecular weight excluding hydrogens is 214 g/mol. The minimum absolute atomic E-state index is 0.615. The summed E-state index contributed by atoms with van der Waals surface area (Å²) in [6, 6.07) is 7.75. The van der Waals surface area contributed by atoms with Crippen molar-refractivity contribution < 1.29 is 4.74 Å². The lowest BCUT2D eigenvalue weighted by atomic mass is 10.2. The highest BCUT2D eigenvalue weighted by atomic mass is 16.5. The number of ether oxygens (including phenoxy) is 1. The zero-order chi connectivity index (χ0) is 12.1. The number of hydrogen-bond donors (Lipinski definition) is 1. The van der Waals surface area contributed by atoms with Crippen molar-refractivity contribution in [2.24, 2.45) is 0 Å². The Kier molecular flexibility index (Phi) is 3.55. The molecule has 0 fully saturated rings. The molecular formula is C13H15N3O. The lowest BCUT2D eigenvalue weighted by molar-refractivity contribution is 0.398. The Morgan fingerprint density at radius 3 is 2.76 bits per heavy atom. The van der Waals surface area contributed by atoms with Gasteiger partial charge in [0.2, 0.25) is 5.88 Å². The van der Waals surface area contributed by atoms with Gasteiger partial charge in [0.25, 0.3) is 0 Å². The number of hydrogen-bond acceptors (Lipinski definition) is 4. The maximum atomic E-state index is 5.00.